The zero-order chi connectivity index (χ0) is 13.3. The van der Waals surface area contributed by atoms with Crippen LogP contribution in [0.2, 0.25) is 0 Å². The van der Waals surface area contributed by atoms with E-state index in [4.69, 9.17) is 4.74 Å². The van der Waals surface area contributed by atoms with Gasteiger partial charge in [0.05, 0.1) is 11.5 Å². The van der Waals surface area contributed by atoms with E-state index >= 15 is 0 Å². The Bertz CT molecular complexity index is 487. The number of fused-ring (bicyclic) bond motifs is 1. The van der Waals surface area contributed by atoms with E-state index in [0.29, 0.717) is 6.61 Å². The summed E-state index contributed by atoms with van der Waals surface area (Å²) >= 11 is 0. The van der Waals surface area contributed by atoms with Gasteiger partial charge >= 0.3 is 0 Å². The Balaban J connectivity index is 0.00000147. The molecule has 2 aliphatic rings. The number of carbonyl (C=O) groups excluding carboxylic acids is 1. The van der Waals surface area contributed by atoms with Gasteiger partial charge in [0.25, 0.3) is 0 Å². The third-order valence-corrected chi connectivity index (χ3v) is 4.13. The Hall–Kier alpha value is -1.26. The van der Waals surface area contributed by atoms with Gasteiger partial charge in [-0.15, -0.1) is 12.4 Å². The summed E-state index contributed by atoms with van der Waals surface area (Å²) in [6, 6.07) is 8.11. The van der Waals surface area contributed by atoms with Crippen LogP contribution in [0.25, 0.3) is 0 Å². The molecule has 2 N–H and O–H groups in total. The maximum Gasteiger partial charge on any atom is 0.227 e. The normalized spacial score (nSPS) is 27.9. The fourth-order valence-corrected chi connectivity index (χ4v) is 2.79. The van der Waals surface area contributed by atoms with Crippen LogP contribution in [0.3, 0.4) is 0 Å². The Morgan fingerprint density at radius 2 is 2.25 bits per heavy atom. The molecule has 20 heavy (non-hydrogen) atoms. The van der Waals surface area contributed by atoms with E-state index in [9.17, 15) is 4.79 Å². The molecule has 1 aromatic carbocycles. The van der Waals surface area contributed by atoms with Crippen LogP contribution in [0.1, 0.15) is 18.9 Å². The highest BCUT2D eigenvalue weighted by Crippen LogP contribution is 2.27. The third-order valence-electron chi connectivity index (χ3n) is 4.13. The molecule has 4 nitrogen and oxygen atoms in total. The highest BCUT2D eigenvalue weighted by Gasteiger charge is 2.37. The Labute approximate surface area is 125 Å². The van der Waals surface area contributed by atoms with E-state index in [2.05, 4.69) is 16.7 Å². The molecule has 2 atom stereocenters. The SMILES string of the molecule is CC1(C(=O)NC2COc3ccccc3C2)CCNC1.Cl. The molecule has 0 aliphatic carbocycles. The number of hydrogen-bond donors (Lipinski definition) is 2. The first-order chi connectivity index (χ1) is 9.17. The summed E-state index contributed by atoms with van der Waals surface area (Å²) in [5.41, 5.74) is 0.908. The molecule has 0 spiro atoms. The predicted octanol–water partition coefficient (Wildman–Crippen LogP) is 1.53. The number of carbonyl (C=O) groups is 1. The number of para-hydroxylation sites is 1. The van der Waals surface area contributed by atoms with Gasteiger partial charge in [-0.25, -0.2) is 0 Å². The molecule has 3 rings (SSSR count). The summed E-state index contributed by atoms with van der Waals surface area (Å²) in [6.45, 7) is 4.28. The zero-order valence-electron chi connectivity index (χ0n) is 11.6. The second-order valence-electron chi connectivity index (χ2n) is 5.78. The quantitative estimate of drug-likeness (QED) is 0.870. The Morgan fingerprint density at radius 1 is 1.45 bits per heavy atom. The standard InChI is InChI=1S/C15H20N2O2.ClH/c1-15(6-7-16-10-15)14(18)17-12-8-11-4-2-3-5-13(11)19-9-12;/h2-5,12,16H,6-10H2,1H3,(H,17,18);1H. The van der Waals surface area contributed by atoms with Crippen molar-refractivity contribution in [2.24, 2.45) is 5.41 Å². The maximum atomic E-state index is 12.3. The molecule has 0 saturated carbocycles. The number of ether oxygens (including phenoxy) is 1. The van der Waals surface area contributed by atoms with Gasteiger partial charge in [-0.1, -0.05) is 18.2 Å². The molecule has 2 aliphatic heterocycles. The minimum Gasteiger partial charge on any atom is -0.491 e. The molecule has 2 unspecified atom stereocenters. The summed E-state index contributed by atoms with van der Waals surface area (Å²) < 4.78 is 5.70. The van der Waals surface area contributed by atoms with Crippen molar-refractivity contribution in [1.82, 2.24) is 10.6 Å². The van der Waals surface area contributed by atoms with Crippen molar-refractivity contribution in [3.8, 4) is 5.75 Å². The second kappa shape index (κ2) is 6.02. The summed E-state index contributed by atoms with van der Waals surface area (Å²) in [7, 11) is 0. The van der Waals surface area contributed by atoms with E-state index in [1.165, 1.54) is 5.56 Å². The molecule has 1 amide bonds. The smallest absolute Gasteiger partial charge is 0.227 e. The van der Waals surface area contributed by atoms with Crippen molar-refractivity contribution in [3.05, 3.63) is 29.8 Å². The van der Waals surface area contributed by atoms with Crippen LogP contribution < -0.4 is 15.4 Å². The van der Waals surface area contributed by atoms with Gasteiger partial charge < -0.3 is 15.4 Å². The number of amides is 1. The fraction of sp³-hybridized carbons (Fsp3) is 0.533. The van der Waals surface area contributed by atoms with Crippen molar-refractivity contribution in [3.63, 3.8) is 0 Å². The van der Waals surface area contributed by atoms with E-state index in [-0.39, 0.29) is 29.8 Å². The number of halogens is 1. The van der Waals surface area contributed by atoms with Crippen molar-refractivity contribution < 1.29 is 9.53 Å². The summed E-state index contributed by atoms with van der Waals surface area (Å²) in [4.78, 5) is 12.3. The largest absolute Gasteiger partial charge is 0.491 e. The number of nitrogens with one attached hydrogen (secondary N) is 2. The first-order valence-electron chi connectivity index (χ1n) is 6.90. The van der Waals surface area contributed by atoms with Gasteiger partial charge in [-0.05, 0) is 37.9 Å². The van der Waals surface area contributed by atoms with Crippen molar-refractivity contribution in [2.45, 2.75) is 25.8 Å². The van der Waals surface area contributed by atoms with Gasteiger partial charge in [0, 0.05) is 6.54 Å². The Morgan fingerprint density at radius 3 is 3.00 bits per heavy atom. The van der Waals surface area contributed by atoms with Gasteiger partial charge in [0.1, 0.15) is 12.4 Å². The van der Waals surface area contributed by atoms with Crippen molar-refractivity contribution >= 4 is 18.3 Å². The number of rotatable bonds is 2. The van der Waals surface area contributed by atoms with Crippen LogP contribution in [0, 0.1) is 5.41 Å². The molecule has 2 heterocycles. The summed E-state index contributed by atoms with van der Waals surface area (Å²) in [5, 5.41) is 6.39. The monoisotopic (exact) mass is 296 g/mol. The third kappa shape index (κ3) is 2.91. The molecule has 0 bridgehead atoms. The first kappa shape index (κ1) is 15.1. The van der Waals surface area contributed by atoms with Crippen molar-refractivity contribution in [1.29, 1.82) is 0 Å². The van der Waals surface area contributed by atoms with E-state index in [0.717, 1.165) is 31.7 Å². The highest BCUT2D eigenvalue weighted by molar-refractivity contribution is 5.85. The zero-order valence-corrected chi connectivity index (χ0v) is 12.5. The molecule has 0 aromatic heterocycles. The lowest BCUT2D eigenvalue weighted by Gasteiger charge is -2.29. The second-order valence-corrected chi connectivity index (χ2v) is 5.78. The molecule has 5 heteroatoms. The molecular formula is C15H21ClN2O2. The predicted molar refractivity (Wildman–Crippen MR) is 80.4 cm³/mol. The van der Waals surface area contributed by atoms with Gasteiger partial charge in [-0.3, -0.25) is 4.79 Å². The molecular weight excluding hydrogens is 276 g/mol. The van der Waals surface area contributed by atoms with Gasteiger partial charge in [0.15, 0.2) is 0 Å². The number of hydrogen-bond acceptors (Lipinski definition) is 3. The van der Waals surface area contributed by atoms with Gasteiger partial charge in [-0.2, -0.15) is 0 Å². The van der Waals surface area contributed by atoms with Crippen LogP contribution in [-0.4, -0.2) is 31.6 Å². The maximum absolute atomic E-state index is 12.3. The molecule has 110 valence electrons. The fourth-order valence-electron chi connectivity index (χ4n) is 2.79. The Kier molecular flexibility index (Phi) is 4.55. The summed E-state index contributed by atoms with van der Waals surface area (Å²) in [5.74, 6) is 1.09. The van der Waals surface area contributed by atoms with E-state index in [1.807, 2.05) is 25.1 Å². The topological polar surface area (TPSA) is 50.4 Å². The van der Waals surface area contributed by atoms with E-state index in [1.54, 1.807) is 0 Å². The highest BCUT2D eigenvalue weighted by atomic mass is 35.5. The lowest BCUT2D eigenvalue weighted by Crippen LogP contribution is -2.49. The van der Waals surface area contributed by atoms with Crippen LogP contribution in [-0.2, 0) is 11.2 Å². The minimum absolute atomic E-state index is 0. The van der Waals surface area contributed by atoms with E-state index < -0.39 is 0 Å². The van der Waals surface area contributed by atoms with Crippen molar-refractivity contribution in [2.75, 3.05) is 19.7 Å². The van der Waals surface area contributed by atoms with Gasteiger partial charge in [0.2, 0.25) is 5.91 Å². The first-order valence-corrected chi connectivity index (χ1v) is 6.90. The molecule has 1 aromatic rings. The average molecular weight is 297 g/mol. The van der Waals surface area contributed by atoms with Crippen LogP contribution in [0.4, 0.5) is 0 Å². The summed E-state index contributed by atoms with van der Waals surface area (Å²) in [6.07, 6.45) is 1.76. The van der Waals surface area contributed by atoms with Crippen LogP contribution in [0.5, 0.6) is 5.75 Å². The molecule has 0 radical (unpaired) electrons. The van der Waals surface area contributed by atoms with Crippen LogP contribution >= 0.6 is 12.4 Å². The van der Waals surface area contributed by atoms with Crippen LogP contribution in [0.15, 0.2) is 24.3 Å². The minimum atomic E-state index is -0.267. The lowest BCUT2D eigenvalue weighted by atomic mass is 9.88. The molecule has 1 saturated heterocycles. The number of benzene rings is 1. The lowest BCUT2D eigenvalue weighted by molar-refractivity contribution is -0.130. The average Bonchev–Trinajstić information content (AvgIpc) is 2.87. The molecule has 1 fully saturated rings.